The fourth-order valence-electron chi connectivity index (χ4n) is 1.10. The molecule has 80 valence electrons. The van der Waals surface area contributed by atoms with Crippen molar-refractivity contribution in [3.05, 3.63) is 22.5 Å². The van der Waals surface area contributed by atoms with E-state index in [2.05, 4.69) is 0 Å². The normalized spacial score (nSPS) is 9.53. The first-order chi connectivity index (χ1) is 7.15. The highest BCUT2D eigenvalue weighted by atomic mass is 35.5. The summed E-state index contributed by atoms with van der Waals surface area (Å²) >= 11 is 5.74. The molecule has 0 aliphatic heterocycles. The SMILES string of the molecule is CCOc1cc(OC)c(Cl)c(C#N)c1F. The van der Waals surface area contributed by atoms with Gasteiger partial charge in [0, 0.05) is 6.07 Å². The summed E-state index contributed by atoms with van der Waals surface area (Å²) in [7, 11) is 1.38. The number of halogens is 2. The lowest BCUT2D eigenvalue weighted by atomic mass is 10.2. The second-order valence-corrected chi connectivity index (χ2v) is 3.00. The Morgan fingerprint density at radius 1 is 1.53 bits per heavy atom. The van der Waals surface area contributed by atoms with Crippen molar-refractivity contribution in [1.82, 2.24) is 0 Å². The summed E-state index contributed by atoms with van der Waals surface area (Å²) in [5, 5.41) is 8.69. The second kappa shape index (κ2) is 4.85. The topological polar surface area (TPSA) is 42.2 Å². The zero-order chi connectivity index (χ0) is 11.4. The van der Waals surface area contributed by atoms with E-state index in [0.29, 0.717) is 6.61 Å². The first-order valence-corrected chi connectivity index (χ1v) is 4.62. The zero-order valence-corrected chi connectivity index (χ0v) is 9.06. The Morgan fingerprint density at radius 2 is 2.20 bits per heavy atom. The van der Waals surface area contributed by atoms with Gasteiger partial charge in [0.25, 0.3) is 0 Å². The van der Waals surface area contributed by atoms with Crippen LogP contribution in [0.2, 0.25) is 5.02 Å². The van der Waals surface area contributed by atoms with Crippen molar-refractivity contribution >= 4 is 11.6 Å². The molecule has 1 aromatic carbocycles. The molecule has 15 heavy (non-hydrogen) atoms. The second-order valence-electron chi connectivity index (χ2n) is 2.62. The van der Waals surface area contributed by atoms with Gasteiger partial charge in [-0.1, -0.05) is 11.6 Å². The van der Waals surface area contributed by atoms with E-state index in [1.54, 1.807) is 13.0 Å². The molecule has 1 rings (SSSR count). The predicted octanol–water partition coefficient (Wildman–Crippen LogP) is 2.76. The average Bonchev–Trinajstić information content (AvgIpc) is 2.23. The van der Waals surface area contributed by atoms with Gasteiger partial charge in [-0.2, -0.15) is 5.26 Å². The van der Waals surface area contributed by atoms with Crippen LogP contribution in [0.1, 0.15) is 12.5 Å². The molecule has 3 nitrogen and oxygen atoms in total. The standard InChI is InChI=1S/C10H9ClFNO2/c1-3-15-8-4-7(14-2)9(11)6(5-13)10(8)12/h4H,3H2,1-2H3. The summed E-state index contributed by atoms with van der Waals surface area (Å²) in [6, 6.07) is 2.99. The molecule has 0 aliphatic carbocycles. The van der Waals surface area contributed by atoms with Crippen LogP contribution in [0.25, 0.3) is 0 Å². The van der Waals surface area contributed by atoms with Gasteiger partial charge in [0.1, 0.15) is 22.4 Å². The van der Waals surface area contributed by atoms with Crippen molar-refractivity contribution in [1.29, 1.82) is 5.26 Å². The predicted molar refractivity (Wildman–Crippen MR) is 53.8 cm³/mol. The van der Waals surface area contributed by atoms with Gasteiger partial charge in [0.15, 0.2) is 11.6 Å². The van der Waals surface area contributed by atoms with Crippen LogP contribution < -0.4 is 9.47 Å². The fourth-order valence-corrected chi connectivity index (χ4v) is 1.35. The lowest BCUT2D eigenvalue weighted by Crippen LogP contribution is -1.99. The van der Waals surface area contributed by atoms with Crippen LogP contribution >= 0.6 is 11.6 Å². The van der Waals surface area contributed by atoms with Crippen LogP contribution in [0.15, 0.2) is 6.07 Å². The van der Waals surface area contributed by atoms with Crippen LogP contribution in [0, 0.1) is 17.1 Å². The third-order valence-corrected chi connectivity index (χ3v) is 2.14. The van der Waals surface area contributed by atoms with Crippen molar-refractivity contribution in [2.75, 3.05) is 13.7 Å². The van der Waals surface area contributed by atoms with Crippen molar-refractivity contribution in [2.45, 2.75) is 6.92 Å². The van der Waals surface area contributed by atoms with Crippen molar-refractivity contribution in [3.63, 3.8) is 0 Å². The Labute approximate surface area is 92.0 Å². The van der Waals surface area contributed by atoms with Gasteiger partial charge < -0.3 is 9.47 Å². The highest BCUT2D eigenvalue weighted by Gasteiger charge is 2.18. The minimum Gasteiger partial charge on any atom is -0.495 e. The molecule has 0 saturated heterocycles. The highest BCUT2D eigenvalue weighted by molar-refractivity contribution is 6.33. The Bertz CT molecular complexity index is 415. The highest BCUT2D eigenvalue weighted by Crippen LogP contribution is 2.35. The van der Waals surface area contributed by atoms with E-state index >= 15 is 0 Å². The van der Waals surface area contributed by atoms with Gasteiger partial charge in [0.05, 0.1) is 13.7 Å². The molecule has 0 amide bonds. The maximum atomic E-state index is 13.5. The lowest BCUT2D eigenvalue weighted by Gasteiger charge is -2.10. The number of ether oxygens (including phenoxy) is 2. The van der Waals surface area contributed by atoms with Crippen molar-refractivity contribution < 1.29 is 13.9 Å². The summed E-state index contributed by atoms with van der Waals surface area (Å²) in [5.41, 5.74) is -0.264. The summed E-state index contributed by atoms with van der Waals surface area (Å²) in [6.45, 7) is 2.01. The molecule has 0 heterocycles. The Morgan fingerprint density at radius 3 is 2.67 bits per heavy atom. The first kappa shape index (κ1) is 11.6. The number of hydrogen-bond donors (Lipinski definition) is 0. The van der Waals surface area contributed by atoms with E-state index in [1.165, 1.54) is 13.2 Å². The largest absolute Gasteiger partial charge is 0.495 e. The number of nitriles is 1. The minimum atomic E-state index is -0.759. The molecular weight excluding hydrogens is 221 g/mol. The molecule has 0 unspecified atom stereocenters. The fraction of sp³-hybridized carbons (Fsp3) is 0.300. The Balaban J connectivity index is 3.39. The average molecular weight is 230 g/mol. The van der Waals surface area contributed by atoms with E-state index < -0.39 is 5.82 Å². The maximum absolute atomic E-state index is 13.5. The van der Waals surface area contributed by atoms with Crippen LogP contribution in [-0.2, 0) is 0 Å². The van der Waals surface area contributed by atoms with E-state index in [0.717, 1.165) is 0 Å². The molecule has 5 heteroatoms. The quantitative estimate of drug-likeness (QED) is 0.800. The molecule has 0 saturated carbocycles. The summed E-state index contributed by atoms with van der Waals surface area (Å²) in [4.78, 5) is 0. The molecule has 0 spiro atoms. The molecule has 0 aliphatic rings. The molecular formula is C10H9ClFNO2. The third-order valence-electron chi connectivity index (χ3n) is 1.77. The summed E-state index contributed by atoms with van der Waals surface area (Å²) < 4.78 is 23.5. The molecule has 0 fully saturated rings. The summed E-state index contributed by atoms with van der Waals surface area (Å²) in [5.74, 6) is -0.571. The maximum Gasteiger partial charge on any atom is 0.184 e. The number of hydrogen-bond acceptors (Lipinski definition) is 3. The van der Waals surface area contributed by atoms with E-state index in [4.69, 9.17) is 26.3 Å². The smallest absolute Gasteiger partial charge is 0.184 e. The Hall–Kier alpha value is -1.47. The molecule has 0 radical (unpaired) electrons. The first-order valence-electron chi connectivity index (χ1n) is 4.24. The number of nitrogens with zero attached hydrogens (tertiary/aromatic N) is 1. The third kappa shape index (κ3) is 2.13. The van der Waals surface area contributed by atoms with E-state index in [1.807, 2.05) is 0 Å². The van der Waals surface area contributed by atoms with Crippen molar-refractivity contribution in [2.24, 2.45) is 0 Å². The Kier molecular flexibility index (Phi) is 3.75. The van der Waals surface area contributed by atoms with Gasteiger partial charge >= 0.3 is 0 Å². The van der Waals surface area contributed by atoms with Gasteiger partial charge in [-0.15, -0.1) is 0 Å². The van der Waals surface area contributed by atoms with Gasteiger partial charge in [0.2, 0.25) is 0 Å². The van der Waals surface area contributed by atoms with Crippen LogP contribution in [0.4, 0.5) is 4.39 Å². The van der Waals surface area contributed by atoms with Gasteiger partial charge in [-0.25, -0.2) is 4.39 Å². The van der Waals surface area contributed by atoms with E-state index in [9.17, 15) is 4.39 Å². The monoisotopic (exact) mass is 229 g/mol. The van der Waals surface area contributed by atoms with E-state index in [-0.39, 0.29) is 22.1 Å². The van der Waals surface area contributed by atoms with Gasteiger partial charge in [-0.05, 0) is 6.92 Å². The zero-order valence-electron chi connectivity index (χ0n) is 8.30. The van der Waals surface area contributed by atoms with Crippen molar-refractivity contribution in [3.8, 4) is 17.6 Å². The number of methoxy groups -OCH3 is 1. The minimum absolute atomic E-state index is 0.0321. The summed E-state index contributed by atoms with van der Waals surface area (Å²) in [6.07, 6.45) is 0. The molecule has 1 aromatic rings. The van der Waals surface area contributed by atoms with Crippen LogP contribution in [-0.4, -0.2) is 13.7 Å². The number of benzene rings is 1. The number of rotatable bonds is 3. The molecule has 0 aromatic heterocycles. The van der Waals surface area contributed by atoms with Crippen LogP contribution in [0.3, 0.4) is 0 Å². The lowest BCUT2D eigenvalue weighted by molar-refractivity contribution is 0.317. The molecule has 0 atom stereocenters. The van der Waals surface area contributed by atoms with Gasteiger partial charge in [-0.3, -0.25) is 0 Å². The van der Waals surface area contributed by atoms with Crippen LogP contribution in [0.5, 0.6) is 11.5 Å². The molecule has 0 N–H and O–H groups in total. The molecule has 0 bridgehead atoms.